The third kappa shape index (κ3) is 8.11. The van der Waals surface area contributed by atoms with Gasteiger partial charge in [0.05, 0.1) is 11.9 Å². The first-order valence-corrected chi connectivity index (χ1v) is 14.8. The van der Waals surface area contributed by atoms with Crippen LogP contribution in [0.25, 0.3) is 0 Å². The van der Waals surface area contributed by atoms with E-state index in [1.165, 1.54) is 4.31 Å². The molecule has 0 bridgehead atoms. The minimum Gasteiger partial charge on any atom is -0.486 e. The minimum atomic E-state index is -3.61. The predicted octanol–water partition coefficient (Wildman–Crippen LogP) is 3.50. The van der Waals surface area contributed by atoms with Gasteiger partial charge in [-0.15, -0.1) is 0 Å². The van der Waals surface area contributed by atoms with E-state index in [0.717, 1.165) is 17.4 Å². The monoisotopic (exact) mass is 545 g/mol. The second-order valence-electron chi connectivity index (χ2n) is 10.1. The molecule has 1 aliphatic heterocycles. The van der Waals surface area contributed by atoms with Gasteiger partial charge in [0.1, 0.15) is 19.3 Å². The van der Waals surface area contributed by atoms with E-state index in [2.05, 4.69) is 5.32 Å². The second-order valence-corrected chi connectivity index (χ2v) is 12.0. The van der Waals surface area contributed by atoms with E-state index >= 15 is 0 Å². The van der Waals surface area contributed by atoms with Crippen molar-refractivity contribution in [1.29, 1.82) is 0 Å². The van der Waals surface area contributed by atoms with E-state index in [1.54, 1.807) is 30.0 Å². The highest BCUT2D eigenvalue weighted by molar-refractivity contribution is 7.92. The smallest absolute Gasteiger partial charge is 0.242 e. The summed E-state index contributed by atoms with van der Waals surface area (Å²) in [6, 6.07) is 12.1. The van der Waals surface area contributed by atoms with E-state index in [9.17, 15) is 18.0 Å². The first kappa shape index (κ1) is 29.3. The van der Waals surface area contributed by atoms with Crippen LogP contribution < -0.4 is 19.1 Å². The van der Waals surface area contributed by atoms with E-state index < -0.39 is 16.1 Å². The molecule has 0 aromatic heterocycles. The highest BCUT2D eigenvalue weighted by atomic mass is 32.2. The van der Waals surface area contributed by atoms with Gasteiger partial charge >= 0.3 is 0 Å². The number of anilines is 1. The molecule has 2 aromatic rings. The van der Waals surface area contributed by atoms with Crippen LogP contribution in [0.1, 0.15) is 44.7 Å². The standard InChI is InChI=1S/C28H39N3O6S/c1-20(2)18-29-28(33)22(4)30(19-23-9-6-8-21(3)16-23)27(32)10-7-13-31(38(5,34)35)24-11-12-25-26(17-24)37-15-14-36-25/h6,8-9,11-12,16-17,20,22H,7,10,13-15,18-19H2,1-5H3,(H,29,33)/t22-/m0/s1. The zero-order chi connectivity index (χ0) is 27.9. The second kappa shape index (κ2) is 13.0. The van der Waals surface area contributed by atoms with Crippen molar-refractivity contribution in [3.8, 4) is 11.5 Å². The van der Waals surface area contributed by atoms with E-state index in [4.69, 9.17) is 9.47 Å². The molecule has 0 spiro atoms. The molecule has 208 valence electrons. The number of nitrogens with one attached hydrogen (secondary N) is 1. The lowest BCUT2D eigenvalue weighted by molar-refractivity contribution is -0.140. The zero-order valence-electron chi connectivity index (χ0n) is 22.9. The zero-order valence-corrected chi connectivity index (χ0v) is 23.7. The number of ether oxygens (including phenoxy) is 2. The molecule has 1 atom stereocenters. The molecule has 1 N–H and O–H groups in total. The molecule has 10 heteroatoms. The van der Waals surface area contributed by atoms with Gasteiger partial charge in [0.25, 0.3) is 0 Å². The number of fused-ring (bicyclic) bond motifs is 1. The fraction of sp³-hybridized carbons (Fsp3) is 0.500. The highest BCUT2D eigenvalue weighted by Crippen LogP contribution is 2.34. The Labute approximate surface area is 226 Å². The lowest BCUT2D eigenvalue weighted by Crippen LogP contribution is -2.48. The van der Waals surface area contributed by atoms with E-state index in [1.807, 2.05) is 45.0 Å². The van der Waals surface area contributed by atoms with Gasteiger partial charge in [0.15, 0.2) is 11.5 Å². The molecule has 0 unspecified atom stereocenters. The van der Waals surface area contributed by atoms with Gasteiger partial charge in [0.2, 0.25) is 21.8 Å². The van der Waals surface area contributed by atoms with Crippen LogP contribution in [0.3, 0.4) is 0 Å². The van der Waals surface area contributed by atoms with Crippen LogP contribution in [0, 0.1) is 12.8 Å². The van der Waals surface area contributed by atoms with Crippen molar-refractivity contribution < 1.29 is 27.5 Å². The SMILES string of the molecule is Cc1cccc(CN(C(=O)CCCN(c2ccc3c(c2)OCCO3)S(C)(=O)=O)[C@@H](C)C(=O)NCC(C)C)c1. The highest BCUT2D eigenvalue weighted by Gasteiger charge is 2.27. The lowest BCUT2D eigenvalue weighted by Gasteiger charge is -2.30. The number of nitrogens with zero attached hydrogens (tertiary/aromatic N) is 2. The normalized spacial score (nSPS) is 13.6. The Morgan fingerprint density at radius 1 is 1.03 bits per heavy atom. The van der Waals surface area contributed by atoms with E-state index in [-0.39, 0.29) is 43.7 Å². The lowest BCUT2D eigenvalue weighted by atomic mass is 10.1. The Kier molecular flexibility index (Phi) is 10.0. The van der Waals surface area contributed by atoms with Crippen molar-refractivity contribution in [2.45, 2.75) is 53.1 Å². The van der Waals surface area contributed by atoms with Crippen LogP contribution >= 0.6 is 0 Å². The predicted molar refractivity (Wildman–Crippen MR) is 148 cm³/mol. The average molecular weight is 546 g/mol. The molecule has 1 heterocycles. The van der Waals surface area contributed by atoms with Crippen LogP contribution in [-0.2, 0) is 26.2 Å². The molecule has 38 heavy (non-hydrogen) atoms. The van der Waals surface area contributed by atoms with Crippen LogP contribution in [0.4, 0.5) is 5.69 Å². The molecular formula is C28H39N3O6S. The maximum Gasteiger partial charge on any atom is 0.242 e. The third-order valence-corrected chi connectivity index (χ3v) is 7.45. The Bertz CT molecular complexity index is 1230. The summed E-state index contributed by atoms with van der Waals surface area (Å²) in [6.45, 7) is 9.47. The quantitative estimate of drug-likeness (QED) is 0.438. The number of carbonyl (C=O) groups is 2. The molecule has 0 fully saturated rings. The Hall–Kier alpha value is -3.27. The maximum atomic E-state index is 13.4. The Morgan fingerprint density at radius 3 is 2.39 bits per heavy atom. The van der Waals surface area contributed by atoms with Gasteiger partial charge in [-0.05, 0) is 43.9 Å². The van der Waals surface area contributed by atoms with Crippen LogP contribution in [0.5, 0.6) is 11.5 Å². The van der Waals surface area contributed by atoms with Crippen molar-refractivity contribution >= 4 is 27.5 Å². The van der Waals surface area contributed by atoms with Gasteiger partial charge in [-0.1, -0.05) is 43.7 Å². The van der Waals surface area contributed by atoms with Gasteiger partial charge in [0, 0.05) is 32.1 Å². The first-order valence-electron chi connectivity index (χ1n) is 13.0. The van der Waals surface area contributed by atoms with Gasteiger partial charge in [-0.3, -0.25) is 13.9 Å². The molecule has 9 nitrogen and oxygen atoms in total. The van der Waals surface area contributed by atoms with Crippen molar-refractivity contribution in [2.75, 3.05) is 36.9 Å². The number of carbonyl (C=O) groups excluding carboxylic acids is 2. The summed E-state index contributed by atoms with van der Waals surface area (Å²) in [5.74, 6) is 0.918. The summed E-state index contributed by atoms with van der Waals surface area (Å²) < 4.78 is 37.6. The summed E-state index contributed by atoms with van der Waals surface area (Å²) in [4.78, 5) is 27.8. The van der Waals surface area contributed by atoms with Crippen molar-refractivity contribution in [1.82, 2.24) is 10.2 Å². The number of amides is 2. The summed E-state index contributed by atoms with van der Waals surface area (Å²) in [6.07, 6.45) is 1.51. The summed E-state index contributed by atoms with van der Waals surface area (Å²) >= 11 is 0. The number of sulfonamides is 1. The number of benzene rings is 2. The van der Waals surface area contributed by atoms with Gasteiger partial charge in [-0.25, -0.2) is 8.42 Å². The van der Waals surface area contributed by atoms with Crippen LogP contribution in [-0.4, -0.2) is 63.7 Å². The van der Waals surface area contributed by atoms with Crippen LogP contribution in [0.2, 0.25) is 0 Å². The van der Waals surface area contributed by atoms with Gasteiger partial charge < -0.3 is 19.7 Å². The molecule has 0 radical (unpaired) electrons. The summed E-state index contributed by atoms with van der Waals surface area (Å²) in [5, 5.41) is 2.91. The molecule has 0 saturated heterocycles. The van der Waals surface area contributed by atoms with E-state index in [0.29, 0.717) is 36.9 Å². The molecule has 2 aromatic carbocycles. The molecule has 2 amide bonds. The molecule has 0 aliphatic carbocycles. The Balaban J connectivity index is 1.73. The molecule has 0 saturated carbocycles. The number of hydrogen-bond donors (Lipinski definition) is 1. The number of rotatable bonds is 12. The largest absolute Gasteiger partial charge is 0.486 e. The van der Waals surface area contributed by atoms with Crippen molar-refractivity contribution in [2.24, 2.45) is 5.92 Å². The fourth-order valence-corrected chi connectivity index (χ4v) is 5.19. The first-order chi connectivity index (χ1) is 18.0. The van der Waals surface area contributed by atoms with Crippen molar-refractivity contribution in [3.05, 3.63) is 53.6 Å². The number of hydrogen-bond acceptors (Lipinski definition) is 6. The van der Waals surface area contributed by atoms with Gasteiger partial charge in [-0.2, -0.15) is 0 Å². The topological polar surface area (TPSA) is 105 Å². The molecule has 1 aliphatic rings. The third-order valence-electron chi connectivity index (χ3n) is 6.25. The number of aryl methyl sites for hydroxylation is 1. The Morgan fingerprint density at radius 2 is 1.74 bits per heavy atom. The summed E-state index contributed by atoms with van der Waals surface area (Å²) in [7, 11) is -3.61. The minimum absolute atomic E-state index is 0.0875. The average Bonchev–Trinajstić information content (AvgIpc) is 2.86. The maximum absolute atomic E-state index is 13.4. The summed E-state index contributed by atoms with van der Waals surface area (Å²) in [5.41, 5.74) is 2.44. The molecule has 3 rings (SSSR count). The van der Waals surface area contributed by atoms with Crippen molar-refractivity contribution in [3.63, 3.8) is 0 Å². The van der Waals surface area contributed by atoms with Crippen LogP contribution in [0.15, 0.2) is 42.5 Å². The molecular weight excluding hydrogens is 506 g/mol. The fourth-order valence-electron chi connectivity index (χ4n) is 4.23.